The first kappa shape index (κ1) is 23.3. The first-order valence-electron chi connectivity index (χ1n) is 8.85. The highest BCUT2D eigenvalue weighted by Gasteiger charge is 2.23. The summed E-state index contributed by atoms with van der Waals surface area (Å²) in [5.41, 5.74) is 1.39. The molecule has 0 spiro atoms. The van der Waals surface area contributed by atoms with Crippen LogP contribution in [0.2, 0.25) is 10.0 Å². The van der Waals surface area contributed by atoms with Crippen LogP contribution in [0.4, 0.5) is 0 Å². The van der Waals surface area contributed by atoms with E-state index < -0.39 is 11.9 Å². The summed E-state index contributed by atoms with van der Waals surface area (Å²) in [6, 6.07) is 16.6. The molecule has 1 unspecified atom stereocenters. The molecule has 0 bridgehead atoms. The Morgan fingerprint density at radius 2 is 1.69 bits per heavy atom. The van der Waals surface area contributed by atoms with Crippen LogP contribution in [0.5, 0.6) is 0 Å². The zero-order valence-corrected chi connectivity index (χ0v) is 17.8. The number of likely N-dealkylation sites (tertiary alicyclic amines) is 1. The van der Waals surface area contributed by atoms with Crippen molar-refractivity contribution in [1.29, 1.82) is 0 Å². The van der Waals surface area contributed by atoms with E-state index in [0.717, 1.165) is 19.6 Å². The Labute approximate surface area is 183 Å². The van der Waals surface area contributed by atoms with Crippen molar-refractivity contribution in [1.82, 2.24) is 4.90 Å². The Morgan fingerprint density at radius 1 is 1.03 bits per heavy atom. The monoisotopic (exact) mass is 453 g/mol. The highest BCUT2D eigenvalue weighted by molar-refractivity contribution is 8.00. The van der Waals surface area contributed by atoms with E-state index in [0.29, 0.717) is 27.4 Å². The van der Waals surface area contributed by atoms with Gasteiger partial charge in [-0.05, 0) is 36.7 Å². The van der Waals surface area contributed by atoms with Gasteiger partial charge in [0, 0.05) is 35.4 Å². The quantitative estimate of drug-likeness (QED) is 0.594. The van der Waals surface area contributed by atoms with E-state index in [2.05, 4.69) is 41.3 Å². The van der Waals surface area contributed by atoms with Crippen LogP contribution < -0.4 is 0 Å². The van der Waals surface area contributed by atoms with Gasteiger partial charge in [0.05, 0.1) is 10.0 Å². The maximum Gasteiger partial charge on any atom is 0.328 e. The summed E-state index contributed by atoms with van der Waals surface area (Å²) >= 11 is 13.9. The van der Waals surface area contributed by atoms with Crippen LogP contribution in [0.3, 0.4) is 0 Å². The first-order valence-corrected chi connectivity index (χ1v) is 10.5. The molecule has 1 aliphatic rings. The number of thioether (sulfide) groups is 1. The third kappa shape index (κ3) is 8.92. The van der Waals surface area contributed by atoms with Gasteiger partial charge in [-0.25, -0.2) is 9.59 Å². The molecule has 1 aliphatic heterocycles. The topological polar surface area (TPSA) is 77.8 Å². The SMILES string of the molecule is Clc1ccc(SC2CCN(Cc3ccccc3)C2)cc1Cl.O=C(O)C=CC(=O)O. The van der Waals surface area contributed by atoms with Gasteiger partial charge in [0.2, 0.25) is 0 Å². The molecule has 3 rings (SSSR count). The van der Waals surface area contributed by atoms with Crippen molar-refractivity contribution in [3.8, 4) is 0 Å². The van der Waals surface area contributed by atoms with E-state index in [-0.39, 0.29) is 0 Å². The lowest BCUT2D eigenvalue weighted by Gasteiger charge is -2.16. The summed E-state index contributed by atoms with van der Waals surface area (Å²) in [5, 5.41) is 17.5. The van der Waals surface area contributed by atoms with Gasteiger partial charge in [-0.2, -0.15) is 0 Å². The molecule has 154 valence electrons. The number of hydrogen-bond acceptors (Lipinski definition) is 4. The van der Waals surface area contributed by atoms with Gasteiger partial charge < -0.3 is 10.2 Å². The van der Waals surface area contributed by atoms with Gasteiger partial charge in [-0.3, -0.25) is 4.90 Å². The van der Waals surface area contributed by atoms with E-state index in [1.54, 1.807) is 0 Å². The van der Waals surface area contributed by atoms with E-state index in [1.165, 1.54) is 16.9 Å². The lowest BCUT2D eigenvalue weighted by Crippen LogP contribution is -2.20. The molecule has 1 atom stereocenters. The van der Waals surface area contributed by atoms with Crippen molar-refractivity contribution in [2.24, 2.45) is 0 Å². The van der Waals surface area contributed by atoms with E-state index in [1.807, 2.05) is 23.9 Å². The average Bonchev–Trinajstić information content (AvgIpc) is 3.11. The molecule has 0 radical (unpaired) electrons. The second-order valence-corrected chi connectivity index (χ2v) is 8.52. The lowest BCUT2D eigenvalue weighted by molar-refractivity contribution is -0.134. The summed E-state index contributed by atoms with van der Waals surface area (Å²) in [6.07, 6.45) is 2.34. The van der Waals surface area contributed by atoms with Crippen LogP contribution in [-0.2, 0) is 16.1 Å². The lowest BCUT2D eigenvalue weighted by atomic mass is 10.2. The number of hydrogen-bond donors (Lipinski definition) is 2. The van der Waals surface area contributed by atoms with E-state index >= 15 is 0 Å². The molecular weight excluding hydrogens is 433 g/mol. The van der Waals surface area contributed by atoms with Gasteiger partial charge in [-0.1, -0.05) is 53.5 Å². The minimum Gasteiger partial charge on any atom is -0.478 e. The van der Waals surface area contributed by atoms with Crippen molar-refractivity contribution in [3.63, 3.8) is 0 Å². The van der Waals surface area contributed by atoms with Gasteiger partial charge in [0.15, 0.2) is 0 Å². The highest BCUT2D eigenvalue weighted by atomic mass is 35.5. The standard InChI is InChI=1S/C17H17Cl2NS.C4H4O4/c18-16-7-6-14(10-17(16)19)21-15-8-9-20(12-15)11-13-4-2-1-3-5-13;5-3(6)1-2-4(7)8/h1-7,10,15H,8-9,11-12H2;1-2H,(H,5,6)(H,7,8). The Balaban J connectivity index is 0.000000321. The zero-order chi connectivity index (χ0) is 21.2. The predicted octanol–water partition coefficient (Wildman–Crippen LogP) is 5.07. The van der Waals surface area contributed by atoms with Crippen LogP contribution in [0, 0.1) is 0 Å². The molecule has 1 heterocycles. The number of aliphatic carboxylic acids is 2. The Kier molecular flexibility index (Phi) is 9.54. The largest absolute Gasteiger partial charge is 0.478 e. The van der Waals surface area contributed by atoms with Gasteiger partial charge in [-0.15, -0.1) is 11.8 Å². The maximum absolute atomic E-state index is 9.55. The third-order valence-corrected chi connectivity index (χ3v) is 6.02. The van der Waals surface area contributed by atoms with Crippen LogP contribution in [-0.4, -0.2) is 45.4 Å². The molecule has 0 aromatic heterocycles. The molecule has 0 aliphatic carbocycles. The van der Waals surface area contributed by atoms with Crippen molar-refractivity contribution in [2.45, 2.75) is 23.1 Å². The number of carboxylic acid groups (broad SMARTS) is 2. The fraction of sp³-hybridized carbons (Fsp3) is 0.238. The summed E-state index contributed by atoms with van der Waals surface area (Å²) in [7, 11) is 0. The molecule has 5 nitrogen and oxygen atoms in total. The Hall–Kier alpha value is -1.99. The molecule has 2 N–H and O–H groups in total. The zero-order valence-electron chi connectivity index (χ0n) is 15.5. The second-order valence-electron chi connectivity index (χ2n) is 6.33. The van der Waals surface area contributed by atoms with E-state index in [4.69, 9.17) is 33.4 Å². The van der Waals surface area contributed by atoms with Gasteiger partial charge in [0.1, 0.15) is 0 Å². The Morgan fingerprint density at radius 3 is 2.28 bits per heavy atom. The highest BCUT2D eigenvalue weighted by Crippen LogP contribution is 2.33. The number of nitrogens with zero attached hydrogens (tertiary/aromatic N) is 1. The smallest absolute Gasteiger partial charge is 0.328 e. The van der Waals surface area contributed by atoms with Gasteiger partial charge in [0.25, 0.3) is 0 Å². The molecular formula is C21H21Cl2NO4S. The Bertz CT molecular complexity index is 845. The molecule has 2 aromatic rings. The van der Waals surface area contributed by atoms with Crippen LogP contribution in [0.25, 0.3) is 0 Å². The molecule has 2 aromatic carbocycles. The number of halogens is 2. The van der Waals surface area contributed by atoms with Crippen molar-refractivity contribution in [3.05, 3.63) is 76.3 Å². The van der Waals surface area contributed by atoms with Crippen molar-refractivity contribution in [2.75, 3.05) is 13.1 Å². The number of benzene rings is 2. The minimum atomic E-state index is -1.26. The average molecular weight is 454 g/mol. The fourth-order valence-corrected chi connectivity index (χ4v) is 4.35. The van der Waals surface area contributed by atoms with Crippen molar-refractivity contribution < 1.29 is 19.8 Å². The van der Waals surface area contributed by atoms with Gasteiger partial charge >= 0.3 is 11.9 Å². The normalized spacial score (nSPS) is 16.4. The first-order chi connectivity index (χ1) is 13.8. The van der Waals surface area contributed by atoms with Crippen LogP contribution >= 0.6 is 35.0 Å². The molecule has 1 saturated heterocycles. The molecule has 29 heavy (non-hydrogen) atoms. The third-order valence-electron chi connectivity index (χ3n) is 4.04. The molecule has 8 heteroatoms. The minimum absolute atomic E-state index is 0.558. The predicted molar refractivity (Wildman–Crippen MR) is 117 cm³/mol. The van der Waals surface area contributed by atoms with Crippen LogP contribution in [0.1, 0.15) is 12.0 Å². The number of rotatable bonds is 6. The summed E-state index contributed by atoms with van der Waals surface area (Å²) < 4.78 is 0. The van der Waals surface area contributed by atoms with Crippen molar-refractivity contribution >= 4 is 46.9 Å². The molecule has 1 fully saturated rings. The second kappa shape index (κ2) is 11.9. The summed E-state index contributed by atoms with van der Waals surface area (Å²) in [5.74, 6) is -2.51. The molecule has 0 saturated carbocycles. The maximum atomic E-state index is 9.55. The number of carboxylic acids is 2. The van der Waals surface area contributed by atoms with E-state index in [9.17, 15) is 9.59 Å². The fourth-order valence-electron chi connectivity index (χ4n) is 2.76. The molecule has 0 amide bonds. The van der Waals surface area contributed by atoms with Crippen LogP contribution in [0.15, 0.2) is 65.6 Å². The summed E-state index contributed by atoms with van der Waals surface area (Å²) in [4.78, 5) is 22.8. The number of carbonyl (C=O) groups is 2. The summed E-state index contributed by atoms with van der Waals surface area (Å²) in [6.45, 7) is 3.33.